The molecule has 0 spiro atoms. The largest absolute Gasteiger partial charge is 0.299 e. The van der Waals surface area contributed by atoms with Crippen molar-refractivity contribution < 1.29 is 9.59 Å². The highest BCUT2D eigenvalue weighted by atomic mass is 35.5. The fourth-order valence-electron chi connectivity index (χ4n) is 2.01. The standard InChI is InChI=1S/C13H7Cl2N3O2/c14-7-1-2-9-10(3-7)18(13(20)12(9)19)6-8-4-17-11(15)5-16-8/h1-5H,6H2. The number of rotatable bonds is 2. The Morgan fingerprint density at radius 1 is 1.10 bits per heavy atom. The Balaban J connectivity index is 1.98. The van der Waals surface area contributed by atoms with E-state index in [0.717, 1.165) is 0 Å². The van der Waals surface area contributed by atoms with Crippen molar-refractivity contribution in [2.75, 3.05) is 4.90 Å². The molecule has 7 heteroatoms. The summed E-state index contributed by atoms with van der Waals surface area (Å²) in [5.74, 6) is -1.14. The third kappa shape index (κ3) is 2.15. The lowest BCUT2D eigenvalue weighted by Gasteiger charge is -2.15. The van der Waals surface area contributed by atoms with Crippen LogP contribution in [-0.2, 0) is 11.3 Å². The minimum atomic E-state index is -0.598. The predicted molar refractivity (Wildman–Crippen MR) is 74.0 cm³/mol. The smallest absolute Gasteiger partial charge is 0.299 e. The van der Waals surface area contributed by atoms with E-state index in [2.05, 4.69) is 9.97 Å². The SMILES string of the molecule is O=C1C(=O)N(Cc2cnc(Cl)cn2)c2cc(Cl)ccc21. The summed E-state index contributed by atoms with van der Waals surface area (Å²) in [6.07, 6.45) is 2.85. The Kier molecular flexibility index (Phi) is 3.16. The normalized spacial score (nSPS) is 13.8. The summed E-state index contributed by atoms with van der Waals surface area (Å²) in [4.78, 5) is 33.2. The second-order valence-electron chi connectivity index (χ2n) is 4.21. The summed E-state index contributed by atoms with van der Waals surface area (Å²) in [7, 11) is 0. The molecule has 3 rings (SSSR count). The number of hydrogen-bond donors (Lipinski definition) is 0. The van der Waals surface area contributed by atoms with Gasteiger partial charge in [-0.1, -0.05) is 23.2 Å². The van der Waals surface area contributed by atoms with Gasteiger partial charge in [0.25, 0.3) is 11.7 Å². The van der Waals surface area contributed by atoms with E-state index in [9.17, 15) is 9.59 Å². The number of anilines is 1. The van der Waals surface area contributed by atoms with E-state index in [-0.39, 0.29) is 11.7 Å². The zero-order valence-electron chi connectivity index (χ0n) is 10.0. The molecule has 0 N–H and O–H groups in total. The fourth-order valence-corrected chi connectivity index (χ4v) is 2.27. The minimum absolute atomic E-state index is 0.141. The maximum Gasteiger partial charge on any atom is 0.299 e. The van der Waals surface area contributed by atoms with E-state index in [4.69, 9.17) is 23.2 Å². The Morgan fingerprint density at radius 3 is 2.60 bits per heavy atom. The Bertz CT molecular complexity index is 716. The van der Waals surface area contributed by atoms with Gasteiger partial charge in [-0.15, -0.1) is 0 Å². The number of carbonyl (C=O) groups is 2. The molecule has 2 heterocycles. The first-order chi connectivity index (χ1) is 9.56. The molecule has 0 fully saturated rings. The summed E-state index contributed by atoms with van der Waals surface area (Å²) >= 11 is 11.6. The molecule has 0 saturated heterocycles. The Hall–Kier alpha value is -1.98. The van der Waals surface area contributed by atoms with Crippen LogP contribution in [0.1, 0.15) is 16.1 Å². The second-order valence-corrected chi connectivity index (χ2v) is 5.04. The number of Topliss-reactive ketones (excluding diaryl/α,β-unsaturated/α-hetero) is 1. The van der Waals surface area contributed by atoms with Crippen LogP contribution in [0.25, 0.3) is 0 Å². The number of amides is 1. The third-order valence-electron chi connectivity index (χ3n) is 2.93. The van der Waals surface area contributed by atoms with Gasteiger partial charge in [0.1, 0.15) is 5.15 Å². The number of hydrogen-bond acceptors (Lipinski definition) is 4. The first kappa shape index (κ1) is 13.0. The van der Waals surface area contributed by atoms with Crippen LogP contribution in [0.2, 0.25) is 10.2 Å². The minimum Gasteiger partial charge on any atom is -0.299 e. The highest BCUT2D eigenvalue weighted by Gasteiger charge is 2.36. The van der Waals surface area contributed by atoms with Gasteiger partial charge >= 0.3 is 0 Å². The number of fused-ring (bicyclic) bond motifs is 1. The highest BCUT2D eigenvalue weighted by Crippen LogP contribution is 2.32. The lowest BCUT2D eigenvalue weighted by atomic mass is 10.1. The summed E-state index contributed by atoms with van der Waals surface area (Å²) in [6, 6.07) is 4.71. The van der Waals surface area contributed by atoms with E-state index in [0.29, 0.717) is 22.0 Å². The monoisotopic (exact) mass is 307 g/mol. The number of carbonyl (C=O) groups excluding carboxylic acids is 2. The quantitative estimate of drug-likeness (QED) is 0.800. The zero-order chi connectivity index (χ0) is 14.3. The Morgan fingerprint density at radius 2 is 1.90 bits per heavy atom. The molecule has 5 nitrogen and oxygen atoms in total. The van der Waals surface area contributed by atoms with E-state index in [1.165, 1.54) is 17.3 Å². The first-order valence-electron chi connectivity index (χ1n) is 5.68. The maximum absolute atomic E-state index is 12.0. The van der Waals surface area contributed by atoms with Crippen LogP contribution in [0, 0.1) is 0 Å². The molecule has 0 aliphatic carbocycles. The van der Waals surface area contributed by atoms with E-state index < -0.39 is 11.7 Å². The van der Waals surface area contributed by atoms with Gasteiger partial charge in [0.05, 0.1) is 35.9 Å². The van der Waals surface area contributed by atoms with E-state index in [1.54, 1.807) is 18.2 Å². The molecule has 0 saturated carbocycles. The summed E-state index contributed by atoms with van der Waals surface area (Å²) in [5.41, 5.74) is 1.37. The zero-order valence-corrected chi connectivity index (χ0v) is 11.5. The molecule has 2 aromatic rings. The van der Waals surface area contributed by atoms with Crippen molar-refractivity contribution >= 4 is 40.6 Å². The summed E-state index contributed by atoms with van der Waals surface area (Å²) in [5, 5.41) is 0.722. The molecule has 1 aliphatic rings. The van der Waals surface area contributed by atoms with Gasteiger partial charge in [0, 0.05) is 5.02 Å². The Labute approximate surface area is 124 Å². The summed E-state index contributed by atoms with van der Waals surface area (Å²) < 4.78 is 0. The van der Waals surface area contributed by atoms with Gasteiger partial charge in [-0.3, -0.25) is 19.5 Å². The van der Waals surface area contributed by atoms with Crippen molar-refractivity contribution in [2.45, 2.75) is 6.54 Å². The van der Waals surface area contributed by atoms with Crippen LogP contribution < -0.4 is 4.90 Å². The van der Waals surface area contributed by atoms with Crippen LogP contribution in [0.5, 0.6) is 0 Å². The number of benzene rings is 1. The van der Waals surface area contributed by atoms with Gasteiger partial charge in [-0.25, -0.2) is 4.98 Å². The fraction of sp³-hybridized carbons (Fsp3) is 0.0769. The van der Waals surface area contributed by atoms with Crippen molar-refractivity contribution in [3.8, 4) is 0 Å². The van der Waals surface area contributed by atoms with Gasteiger partial charge < -0.3 is 0 Å². The number of halogens is 2. The van der Waals surface area contributed by atoms with Crippen molar-refractivity contribution in [3.05, 3.63) is 52.0 Å². The lowest BCUT2D eigenvalue weighted by Crippen LogP contribution is -2.29. The van der Waals surface area contributed by atoms with Crippen molar-refractivity contribution in [2.24, 2.45) is 0 Å². The third-order valence-corrected chi connectivity index (χ3v) is 3.36. The molecular weight excluding hydrogens is 301 g/mol. The average molecular weight is 308 g/mol. The molecule has 0 unspecified atom stereocenters. The van der Waals surface area contributed by atoms with E-state index in [1.807, 2.05) is 0 Å². The highest BCUT2D eigenvalue weighted by molar-refractivity contribution is 6.52. The van der Waals surface area contributed by atoms with Crippen molar-refractivity contribution in [1.29, 1.82) is 0 Å². The molecule has 1 amide bonds. The van der Waals surface area contributed by atoms with Gasteiger partial charge in [-0.2, -0.15) is 0 Å². The summed E-state index contributed by atoms with van der Waals surface area (Å²) in [6.45, 7) is 0.141. The molecule has 0 atom stereocenters. The molecule has 1 aromatic heterocycles. The number of aromatic nitrogens is 2. The molecule has 0 radical (unpaired) electrons. The van der Waals surface area contributed by atoms with Crippen molar-refractivity contribution in [1.82, 2.24) is 9.97 Å². The van der Waals surface area contributed by atoms with Gasteiger partial charge in [-0.05, 0) is 18.2 Å². The molecule has 1 aromatic carbocycles. The van der Waals surface area contributed by atoms with Gasteiger partial charge in [0.15, 0.2) is 0 Å². The number of nitrogens with zero attached hydrogens (tertiary/aromatic N) is 3. The average Bonchev–Trinajstić information content (AvgIpc) is 2.66. The van der Waals surface area contributed by atoms with Crippen LogP contribution >= 0.6 is 23.2 Å². The topological polar surface area (TPSA) is 63.2 Å². The molecule has 100 valence electrons. The van der Waals surface area contributed by atoms with Crippen LogP contribution in [0.3, 0.4) is 0 Å². The predicted octanol–water partition coefficient (Wildman–Crippen LogP) is 2.51. The molecule has 20 heavy (non-hydrogen) atoms. The molecule has 1 aliphatic heterocycles. The lowest BCUT2D eigenvalue weighted by molar-refractivity contribution is -0.114. The maximum atomic E-state index is 12.0. The molecule has 0 bridgehead atoms. The first-order valence-corrected chi connectivity index (χ1v) is 6.44. The van der Waals surface area contributed by atoms with Crippen molar-refractivity contribution in [3.63, 3.8) is 0 Å². The molecular formula is C13H7Cl2N3O2. The van der Waals surface area contributed by atoms with Gasteiger partial charge in [0.2, 0.25) is 0 Å². The van der Waals surface area contributed by atoms with Crippen LogP contribution in [-0.4, -0.2) is 21.7 Å². The number of ketones is 1. The van der Waals surface area contributed by atoms with Crippen LogP contribution in [0.4, 0.5) is 5.69 Å². The van der Waals surface area contributed by atoms with E-state index >= 15 is 0 Å². The second kappa shape index (κ2) is 4.85. The van der Waals surface area contributed by atoms with Crippen LogP contribution in [0.15, 0.2) is 30.6 Å².